The van der Waals surface area contributed by atoms with Gasteiger partial charge in [0.2, 0.25) is 0 Å². The van der Waals surface area contributed by atoms with E-state index in [1.807, 2.05) is 28.8 Å². The summed E-state index contributed by atoms with van der Waals surface area (Å²) in [6.45, 7) is 0.634. The Morgan fingerprint density at radius 3 is 2.64 bits per heavy atom. The first-order chi connectivity index (χ1) is 11.9. The van der Waals surface area contributed by atoms with E-state index in [-0.39, 0.29) is 16.8 Å². The minimum Gasteiger partial charge on any atom is -0.304 e. The first-order valence-corrected chi connectivity index (χ1v) is 9.76. The molecule has 2 heterocycles. The van der Waals surface area contributed by atoms with Gasteiger partial charge in [-0.3, -0.25) is 13.9 Å². The van der Waals surface area contributed by atoms with Crippen LogP contribution in [0.3, 0.4) is 0 Å². The van der Waals surface area contributed by atoms with Crippen molar-refractivity contribution in [1.82, 2.24) is 18.7 Å². The molecule has 0 aliphatic heterocycles. The van der Waals surface area contributed by atoms with Gasteiger partial charge in [0.05, 0.1) is 5.02 Å². The van der Waals surface area contributed by atoms with Crippen LogP contribution in [0.15, 0.2) is 43.5 Å². The van der Waals surface area contributed by atoms with Crippen molar-refractivity contribution in [3.05, 3.63) is 54.9 Å². The van der Waals surface area contributed by atoms with E-state index in [0.29, 0.717) is 16.9 Å². The molecular weight excluding hydrogens is 428 g/mol. The van der Waals surface area contributed by atoms with E-state index in [0.717, 1.165) is 26.7 Å². The molecule has 0 bridgehead atoms. The number of aryl methyl sites for hydroxylation is 2. The molecule has 25 heavy (non-hydrogen) atoms. The molecular formula is C16H16BrClN4O2S. The van der Waals surface area contributed by atoms with Gasteiger partial charge >= 0.3 is 5.69 Å². The molecule has 0 saturated heterocycles. The van der Waals surface area contributed by atoms with E-state index in [1.165, 1.54) is 11.6 Å². The third-order valence-electron chi connectivity index (χ3n) is 3.91. The first-order valence-electron chi connectivity index (χ1n) is 7.61. The number of hydrogen-bond donors (Lipinski definition) is 0. The fraction of sp³-hybridized carbons (Fsp3) is 0.312. The van der Waals surface area contributed by atoms with Crippen molar-refractivity contribution >= 4 is 50.5 Å². The molecule has 2 aromatic heterocycles. The molecule has 0 amide bonds. The average molecular weight is 444 g/mol. The Bertz CT molecular complexity index is 1060. The van der Waals surface area contributed by atoms with Crippen LogP contribution < -0.4 is 11.2 Å². The maximum Gasteiger partial charge on any atom is 0.332 e. The highest BCUT2D eigenvalue weighted by Gasteiger charge is 2.17. The maximum absolute atomic E-state index is 12.3. The summed E-state index contributed by atoms with van der Waals surface area (Å²) in [4.78, 5) is 29.7. The van der Waals surface area contributed by atoms with Gasteiger partial charge in [-0.15, -0.1) is 11.8 Å². The van der Waals surface area contributed by atoms with Crippen molar-refractivity contribution in [3.8, 4) is 0 Å². The number of aromatic nitrogens is 4. The lowest BCUT2D eigenvalue weighted by atomic mass is 10.4. The number of benzene rings is 1. The van der Waals surface area contributed by atoms with Crippen LogP contribution in [0.5, 0.6) is 0 Å². The van der Waals surface area contributed by atoms with Gasteiger partial charge in [-0.2, -0.15) is 0 Å². The summed E-state index contributed by atoms with van der Waals surface area (Å²) in [7, 11) is 3.10. The number of imidazole rings is 1. The number of halogens is 2. The van der Waals surface area contributed by atoms with Crippen LogP contribution in [0.2, 0.25) is 5.02 Å². The normalized spacial score (nSPS) is 11.4. The molecule has 0 aliphatic rings. The van der Waals surface area contributed by atoms with Crippen LogP contribution in [0, 0.1) is 0 Å². The van der Waals surface area contributed by atoms with Crippen molar-refractivity contribution in [1.29, 1.82) is 0 Å². The van der Waals surface area contributed by atoms with E-state index < -0.39 is 0 Å². The average Bonchev–Trinajstić information content (AvgIpc) is 2.93. The number of nitrogens with zero attached hydrogens (tertiary/aromatic N) is 4. The Kier molecular flexibility index (Phi) is 5.41. The molecule has 132 valence electrons. The van der Waals surface area contributed by atoms with Crippen molar-refractivity contribution in [2.75, 3.05) is 5.75 Å². The molecule has 1 aromatic carbocycles. The first kappa shape index (κ1) is 18.3. The van der Waals surface area contributed by atoms with E-state index >= 15 is 0 Å². The van der Waals surface area contributed by atoms with Crippen molar-refractivity contribution < 1.29 is 0 Å². The lowest BCUT2D eigenvalue weighted by molar-refractivity contribution is 0.647. The molecule has 9 heteroatoms. The fourth-order valence-corrected chi connectivity index (χ4v) is 4.32. The zero-order valence-electron chi connectivity index (χ0n) is 13.7. The molecule has 0 saturated carbocycles. The Labute approximate surface area is 161 Å². The van der Waals surface area contributed by atoms with Gasteiger partial charge < -0.3 is 4.57 Å². The molecule has 0 radical (unpaired) electrons. The second kappa shape index (κ2) is 7.39. The summed E-state index contributed by atoms with van der Waals surface area (Å²) in [5.74, 6) is 0.856. The smallest absolute Gasteiger partial charge is 0.304 e. The van der Waals surface area contributed by atoms with E-state index in [9.17, 15) is 9.59 Å². The summed E-state index contributed by atoms with van der Waals surface area (Å²) in [5.41, 5.74) is 0.0672. The number of fused-ring (bicyclic) bond motifs is 1. The lowest BCUT2D eigenvalue weighted by Crippen LogP contribution is -2.37. The zero-order chi connectivity index (χ0) is 18.1. The lowest BCUT2D eigenvalue weighted by Gasteiger charge is -2.09. The number of rotatable bonds is 5. The minimum absolute atomic E-state index is 0.287. The molecule has 0 fully saturated rings. The zero-order valence-corrected chi connectivity index (χ0v) is 16.9. The summed E-state index contributed by atoms with van der Waals surface area (Å²) >= 11 is 11.2. The molecule has 0 aliphatic carbocycles. The highest BCUT2D eigenvalue weighted by Crippen LogP contribution is 2.27. The van der Waals surface area contributed by atoms with Crippen LogP contribution in [0.1, 0.15) is 6.42 Å². The molecule has 0 spiro atoms. The van der Waals surface area contributed by atoms with Gasteiger partial charge in [0.1, 0.15) is 0 Å². The SMILES string of the molecule is Cn1c(=O)c2nc(Br)n(CCCSc3ccccc3Cl)c2n(C)c1=O. The van der Waals surface area contributed by atoms with Crippen LogP contribution in [0.4, 0.5) is 0 Å². The van der Waals surface area contributed by atoms with Crippen LogP contribution >= 0.6 is 39.3 Å². The predicted octanol–water partition coefficient (Wildman–Crippen LogP) is 3.03. The third-order valence-corrected chi connectivity index (χ3v) is 6.12. The van der Waals surface area contributed by atoms with Gasteiger partial charge in [0.15, 0.2) is 15.9 Å². The molecule has 3 aromatic rings. The quantitative estimate of drug-likeness (QED) is 0.345. The fourth-order valence-electron chi connectivity index (χ4n) is 2.63. The van der Waals surface area contributed by atoms with Gasteiger partial charge in [-0.25, -0.2) is 9.78 Å². The van der Waals surface area contributed by atoms with E-state index in [2.05, 4.69) is 20.9 Å². The Morgan fingerprint density at radius 2 is 1.92 bits per heavy atom. The highest BCUT2D eigenvalue weighted by atomic mass is 79.9. The van der Waals surface area contributed by atoms with Crippen LogP contribution in [-0.4, -0.2) is 24.4 Å². The van der Waals surface area contributed by atoms with Crippen LogP contribution in [-0.2, 0) is 20.6 Å². The second-order valence-corrected chi connectivity index (χ2v) is 7.80. The Morgan fingerprint density at radius 1 is 1.20 bits per heavy atom. The van der Waals surface area contributed by atoms with Gasteiger partial charge in [0.25, 0.3) is 5.56 Å². The Hall–Kier alpha value is -1.51. The van der Waals surface area contributed by atoms with Crippen LogP contribution in [0.25, 0.3) is 11.2 Å². The molecule has 3 rings (SSSR count). The molecule has 0 unspecified atom stereocenters. The van der Waals surface area contributed by atoms with Gasteiger partial charge in [-0.05, 0) is 40.2 Å². The van der Waals surface area contributed by atoms with Crippen molar-refractivity contribution in [2.45, 2.75) is 17.9 Å². The molecule has 6 nitrogen and oxygen atoms in total. The van der Waals surface area contributed by atoms with Gasteiger partial charge in [0, 0.05) is 25.5 Å². The number of thioether (sulfide) groups is 1. The van der Waals surface area contributed by atoms with E-state index in [1.54, 1.807) is 18.8 Å². The van der Waals surface area contributed by atoms with E-state index in [4.69, 9.17) is 11.6 Å². The molecule has 0 N–H and O–H groups in total. The topological polar surface area (TPSA) is 61.8 Å². The largest absolute Gasteiger partial charge is 0.332 e. The molecule has 0 atom stereocenters. The van der Waals surface area contributed by atoms with Gasteiger partial charge in [-0.1, -0.05) is 23.7 Å². The second-order valence-electron chi connectivity index (χ2n) is 5.54. The highest BCUT2D eigenvalue weighted by molar-refractivity contribution is 9.10. The summed E-state index contributed by atoms with van der Waals surface area (Å²) in [5, 5.41) is 0.743. The maximum atomic E-state index is 12.3. The summed E-state index contributed by atoms with van der Waals surface area (Å²) in [6.07, 6.45) is 0.837. The van der Waals surface area contributed by atoms with Crippen molar-refractivity contribution in [3.63, 3.8) is 0 Å². The minimum atomic E-state index is -0.386. The van der Waals surface area contributed by atoms with Crippen molar-refractivity contribution in [2.24, 2.45) is 14.1 Å². The summed E-state index contributed by atoms with van der Waals surface area (Å²) in [6, 6.07) is 7.72. The summed E-state index contributed by atoms with van der Waals surface area (Å²) < 4.78 is 4.92. The third kappa shape index (κ3) is 3.43. The Balaban J connectivity index is 1.83. The number of hydrogen-bond acceptors (Lipinski definition) is 4. The standard InChI is InChI=1S/C16H16BrClN4O2S/c1-20-13-12(14(23)21(2)16(20)24)19-15(17)22(13)8-5-9-25-11-7-4-3-6-10(11)18/h3-4,6-7H,5,8-9H2,1-2H3. The monoisotopic (exact) mass is 442 g/mol. The predicted molar refractivity (Wildman–Crippen MR) is 105 cm³/mol.